The molecule has 6 heteroatoms. The van der Waals surface area contributed by atoms with Gasteiger partial charge < -0.3 is 10.5 Å². The van der Waals surface area contributed by atoms with Crippen molar-refractivity contribution in [3.63, 3.8) is 0 Å². The number of aliphatic imine (C=N–C) groups is 1. The Morgan fingerprint density at radius 1 is 1.45 bits per heavy atom. The summed E-state index contributed by atoms with van der Waals surface area (Å²) in [6, 6.07) is 7.10. The lowest BCUT2D eigenvalue weighted by Gasteiger charge is -2.24. The smallest absolute Gasteiger partial charge is 0.414 e. The van der Waals surface area contributed by atoms with Gasteiger partial charge in [-0.05, 0) is 39.0 Å². The van der Waals surface area contributed by atoms with E-state index in [0.717, 1.165) is 0 Å². The van der Waals surface area contributed by atoms with Crippen molar-refractivity contribution in [3.05, 3.63) is 24.3 Å². The number of carbonyl (C=O) groups is 1. The van der Waals surface area contributed by atoms with E-state index in [-0.39, 0.29) is 5.88 Å². The number of carbonyl (C=O) groups excluding carboxylic acids is 1. The molecule has 1 amide bonds. The second kappa shape index (κ2) is 6.61. The first-order valence-corrected chi connectivity index (χ1v) is 6.72. The molecule has 0 heterocycles. The molecule has 2 N–H and O–H groups in total. The summed E-state index contributed by atoms with van der Waals surface area (Å²) in [5, 5.41) is 0. The molecule has 0 fully saturated rings. The number of hydrogen-bond donors (Lipinski definition) is 1. The Bertz CT molecular complexity index is 509. The number of amides is 1. The fraction of sp³-hybridized carbons (Fsp3) is 0.429. The van der Waals surface area contributed by atoms with Gasteiger partial charge in [0.2, 0.25) is 0 Å². The maximum atomic E-state index is 12.0. The monoisotopic (exact) mass is 297 g/mol. The molecule has 1 aromatic rings. The van der Waals surface area contributed by atoms with Crippen molar-refractivity contribution in [1.29, 1.82) is 0 Å². The zero-order valence-corrected chi connectivity index (χ0v) is 12.9. The van der Waals surface area contributed by atoms with Crippen molar-refractivity contribution < 1.29 is 9.53 Å². The summed E-state index contributed by atoms with van der Waals surface area (Å²) in [4.78, 5) is 17.5. The van der Waals surface area contributed by atoms with E-state index in [4.69, 9.17) is 22.1 Å². The van der Waals surface area contributed by atoms with Crippen LogP contribution < -0.4 is 10.6 Å². The Labute approximate surface area is 124 Å². The molecule has 0 atom stereocenters. The van der Waals surface area contributed by atoms with Crippen molar-refractivity contribution in [3.8, 4) is 0 Å². The molecule has 0 saturated heterocycles. The largest absolute Gasteiger partial charge is 0.443 e. The number of rotatable bonds is 3. The Kier molecular flexibility index (Phi) is 5.39. The topological polar surface area (TPSA) is 67.9 Å². The number of amidine groups is 1. The lowest BCUT2D eigenvalue weighted by molar-refractivity contribution is 0.0589. The highest BCUT2D eigenvalue weighted by Crippen LogP contribution is 2.22. The summed E-state index contributed by atoms with van der Waals surface area (Å²) in [5.74, 6) is 0.482. The average molecular weight is 298 g/mol. The van der Waals surface area contributed by atoms with Crippen LogP contribution in [0.5, 0.6) is 0 Å². The molecule has 0 aromatic heterocycles. The van der Waals surface area contributed by atoms with E-state index in [2.05, 4.69) is 4.99 Å². The summed E-state index contributed by atoms with van der Waals surface area (Å²) >= 11 is 5.59. The average Bonchev–Trinajstić information content (AvgIpc) is 2.36. The number of nitrogens with zero attached hydrogens (tertiary/aromatic N) is 2. The third-order valence-corrected chi connectivity index (χ3v) is 2.57. The van der Waals surface area contributed by atoms with Crippen LogP contribution in [-0.4, -0.2) is 30.5 Å². The predicted octanol–water partition coefficient (Wildman–Crippen LogP) is 3.29. The van der Waals surface area contributed by atoms with Crippen LogP contribution in [0.4, 0.5) is 16.2 Å². The van der Waals surface area contributed by atoms with E-state index in [1.54, 1.807) is 31.3 Å². The highest BCUT2D eigenvalue weighted by atomic mass is 35.5. The van der Waals surface area contributed by atoms with Gasteiger partial charge in [0.25, 0.3) is 0 Å². The first-order chi connectivity index (χ1) is 9.23. The second-order valence-electron chi connectivity index (χ2n) is 5.30. The van der Waals surface area contributed by atoms with E-state index in [1.807, 2.05) is 20.8 Å². The summed E-state index contributed by atoms with van der Waals surface area (Å²) in [7, 11) is 1.64. The van der Waals surface area contributed by atoms with Crippen LogP contribution in [0.2, 0.25) is 0 Å². The molecule has 110 valence electrons. The molecular formula is C14H20ClN3O2. The number of ether oxygens (including phenoxy) is 1. The minimum atomic E-state index is -0.538. The highest BCUT2D eigenvalue weighted by Gasteiger charge is 2.20. The molecule has 20 heavy (non-hydrogen) atoms. The van der Waals surface area contributed by atoms with Crippen LogP contribution in [0, 0.1) is 0 Å². The van der Waals surface area contributed by atoms with Crippen LogP contribution >= 0.6 is 11.6 Å². The number of alkyl halides is 1. The summed E-state index contributed by atoms with van der Waals surface area (Å²) in [5.41, 5.74) is 6.35. The van der Waals surface area contributed by atoms with Gasteiger partial charge in [0, 0.05) is 12.7 Å². The summed E-state index contributed by atoms with van der Waals surface area (Å²) in [6.07, 6.45) is -0.427. The number of benzene rings is 1. The minimum absolute atomic E-state index is 0.159. The fourth-order valence-corrected chi connectivity index (χ4v) is 1.46. The lowest BCUT2D eigenvalue weighted by Crippen LogP contribution is -2.34. The standard InChI is InChI=1S/C14H20ClN3O2/c1-14(2,3)20-13(19)18(4)11-7-5-6-10(8-11)17-12(16)9-15/h5-8H,9H2,1-4H3,(H2,16,17). The number of halogens is 1. The Balaban J connectivity index is 2.91. The Morgan fingerprint density at radius 3 is 2.65 bits per heavy atom. The van der Waals surface area contributed by atoms with Gasteiger partial charge in [-0.2, -0.15) is 0 Å². The van der Waals surface area contributed by atoms with Gasteiger partial charge in [-0.1, -0.05) is 6.07 Å². The van der Waals surface area contributed by atoms with E-state index in [9.17, 15) is 4.79 Å². The van der Waals surface area contributed by atoms with Crippen molar-refractivity contribution in [2.24, 2.45) is 10.7 Å². The van der Waals surface area contributed by atoms with Crippen molar-refractivity contribution in [2.75, 3.05) is 17.8 Å². The lowest BCUT2D eigenvalue weighted by atomic mass is 10.2. The molecule has 1 aromatic carbocycles. The number of hydrogen-bond acceptors (Lipinski definition) is 3. The molecule has 0 radical (unpaired) electrons. The first-order valence-electron chi connectivity index (χ1n) is 6.18. The molecule has 1 rings (SSSR count). The third kappa shape index (κ3) is 5.09. The normalized spacial score (nSPS) is 12.2. The zero-order valence-electron chi connectivity index (χ0n) is 12.2. The first kappa shape index (κ1) is 16.3. The van der Waals surface area contributed by atoms with E-state index in [1.165, 1.54) is 4.90 Å². The Hall–Kier alpha value is -1.75. The van der Waals surface area contributed by atoms with Gasteiger partial charge in [0.1, 0.15) is 11.4 Å². The fourth-order valence-electron chi connectivity index (χ4n) is 1.40. The van der Waals surface area contributed by atoms with Gasteiger partial charge in [-0.25, -0.2) is 9.79 Å². The van der Waals surface area contributed by atoms with E-state index < -0.39 is 11.7 Å². The summed E-state index contributed by atoms with van der Waals surface area (Å²) < 4.78 is 5.30. The molecule has 0 unspecified atom stereocenters. The molecule has 0 saturated carbocycles. The minimum Gasteiger partial charge on any atom is -0.443 e. The molecular weight excluding hydrogens is 278 g/mol. The van der Waals surface area contributed by atoms with Crippen LogP contribution in [0.25, 0.3) is 0 Å². The number of nitrogens with two attached hydrogens (primary N) is 1. The van der Waals surface area contributed by atoms with E-state index >= 15 is 0 Å². The molecule has 5 nitrogen and oxygen atoms in total. The van der Waals surface area contributed by atoms with Crippen molar-refractivity contribution in [2.45, 2.75) is 26.4 Å². The van der Waals surface area contributed by atoms with Gasteiger partial charge in [0.05, 0.1) is 11.6 Å². The number of anilines is 1. The maximum Gasteiger partial charge on any atom is 0.414 e. The van der Waals surface area contributed by atoms with Gasteiger partial charge >= 0.3 is 6.09 Å². The molecule has 0 aliphatic heterocycles. The van der Waals surface area contributed by atoms with Gasteiger partial charge in [-0.15, -0.1) is 11.6 Å². The predicted molar refractivity (Wildman–Crippen MR) is 83.1 cm³/mol. The van der Waals surface area contributed by atoms with Crippen molar-refractivity contribution >= 4 is 34.9 Å². The zero-order chi connectivity index (χ0) is 15.3. The molecule has 0 aliphatic carbocycles. The van der Waals surface area contributed by atoms with Gasteiger partial charge in [0.15, 0.2) is 0 Å². The van der Waals surface area contributed by atoms with Gasteiger partial charge in [-0.3, -0.25) is 4.90 Å². The molecule has 0 spiro atoms. The van der Waals surface area contributed by atoms with Crippen molar-refractivity contribution in [1.82, 2.24) is 0 Å². The second-order valence-corrected chi connectivity index (χ2v) is 5.56. The van der Waals surface area contributed by atoms with Crippen LogP contribution in [-0.2, 0) is 4.74 Å². The van der Waals surface area contributed by atoms with Crippen LogP contribution in [0.15, 0.2) is 29.3 Å². The molecule has 0 bridgehead atoms. The Morgan fingerprint density at radius 2 is 2.10 bits per heavy atom. The van der Waals surface area contributed by atoms with Crippen LogP contribution in [0.1, 0.15) is 20.8 Å². The summed E-state index contributed by atoms with van der Waals surface area (Å²) in [6.45, 7) is 5.46. The maximum absolute atomic E-state index is 12.0. The van der Waals surface area contributed by atoms with E-state index in [0.29, 0.717) is 17.2 Å². The molecule has 0 aliphatic rings. The van der Waals surface area contributed by atoms with Crippen LogP contribution in [0.3, 0.4) is 0 Å². The third-order valence-electron chi connectivity index (χ3n) is 2.29. The quantitative estimate of drug-likeness (QED) is 0.529. The SMILES string of the molecule is CN(C(=O)OC(C)(C)C)c1cccc(N=C(N)CCl)c1. The highest BCUT2D eigenvalue weighted by molar-refractivity contribution is 6.28.